The molecule has 0 fully saturated rings. The largest absolute Gasteiger partial charge is 2.00 e. The van der Waals surface area contributed by atoms with E-state index in [-0.39, 0.29) is 65.8 Å². The van der Waals surface area contributed by atoms with Gasteiger partial charge in [0.25, 0.3) is 0 Å². The second kappa shape index (κ2) is 74.5. The zero-order chi connectivity index (χ0) is 2.00. The normalized spacial score (nSPS) is 1.00. The zero-order valence-electron chi connectivity index (χ0n) is 2.81. The molecule has 6 heteroatoms. The average Bonchev–Trinajstić information content (AvgIpc) is 1.00. The number of rotatable bonds is 0. The SMILES string of the molecule is O=[Si+2].[Ca+2].[Mn+2].[O-2].[O-2]. The summed E-state index contributed by atoms with van der Waals surface area (Å²) in [7, 11) is 1.72. The third-order valence-electron chi connectivity index (χ3n) is 0. The van der Waals surface area contributed by atoms with Crippen molar-refractivity contribution in [3.05, 3.63) is 0 Å². The molecule has 0 unspecified atom stereocenters. The van der Waals surface area contributed by atoms with Crippen LogP contribution < -0.4 is 0 Å². The minimum atomic E-state index is 0. The Morgan fingerprint density at radius 2 is 1.00 bits per heavy atom. The summed E-state index contributed by atoms with van der Waals surface area (Å²) in [4.78, 5) is 0. The van der Waals surface area contributed by atoms with Gasteiger partial charge >= 0.3 is 69.4 Å². The molecule has 29 valence electrons. The van der Waals surface area contributed by atoms with E-state index in [2.05, 4.69) is 0 Å². The predicted molar refractivity (Wildman–Crippen MR) is 13.6 cm³/mol. The zero-order valence-corrected chi connectivity index (χ0v) is 7.20. The molecule has 0 aromatic heterocycles. The van der Waals surface area contributed by atoms with Gasteiger partial charge in [0.1, 0.15) is 0 Å². The van der Waals surface area contributed by atoms with Gasteiger partial charge in [-0.2, -0.15) is 0 Å². The van der Waals surface area contributed by atoms with Crippen molar-refractivity contribution in [3.63, 3.8) is 0 Å². The maximum absolute atomic E-state index is 8.06. The molecule has 0 N–H and O–H groups in total. The van der Waals surface area contributed by atoms with Crippen LogP contribution in [0.2, 0.25) is 0 Å². The summed E-state index contributed by atoms with van der Waals surface area (Å²) in [5.74, 6) is 0. The van der Waals surface area contributed by atoms with Gasteiger partial charge in [-0.3, -0.25) is 0 Å². The molecule has 0 atom stereocenters. The molecule has 0 heterocycles. The van der Waals surface area contributed by atoms with Crippen LogP contribution >= 0.6 is 0 Å². The third-order valence-corrected chi connectivity index (χ3v) is 0. The summed E-state index contributed by atoms with van der Waals surface area (Å²) in [5.41, 5.74) is 0. The van der Waals surface area contributed by atoms with Crippen LogP contribution in [0, 0.1) is 0 Å². The van der Waals surface area contributed by atoms with Crippen molar-refractivity contribution in [2.75, 3.05) is 0 Å². The van der Waals surface area contributed by atoms with Gasteiger partial charge < -0.3 is 11.0 Å². The van der Waals surface area contributed by atoms with Crippen LogP contribution in [0.25, 0.3) is 0 Å². The first-order chi connectivity index (χ1) is 1.00. The Morgan fingerprint density at radius 3 is 1.00 bits per heavy atom. The summed E-state index contributed by atoms with van der Waals surface area (Å²) in [6, 6.07) is 0. The molecule has 0 aliphatic heterocycles. The molecule has 1 radical (unpaired) electrons. The van der Waals surface area contributed by atoms with Crippen LogP contribution in [0.1, 0.15) is 0 Å². The van der Waals surface area contributed by atoms with Crippen molar-refractivity contribution in [2.45, 2.75) is 0 Å². The maximum atomic E-state index is 8.06. The predicted octanol–water partition coefficient (Wildman–Crippen LogP) is -1.12. The summed E-state index contributed by atoms with van der Waals surface area (Å²) in [6.45, 7) is 0. The van der Waals surface area contributed by atoms with Crippen molar-refractivity contribution < 1.29 is 32.5 Å². The number of hydrogen-bond acceptors (Lipinski definition) is 1. The van der Waals surface area contributed by atoms with E-state index in [1.165, 1.54) is 0 Å². The fourth-order valence-electron chi connectivity index (χ4n) is 0. The van der Waals surface area contributed by atoms with Gasteiger partial charge in [-0.15, -0.1) is 0 Å². The molecule has 0 saturated heterocycles. The summed E-state index contributed by atoms with van der Waals surface area (Å²) >= 11 is 0. The van der Waals surface area contributed by atoms with Crippen molar-refractivity contribution >= 4 is 47.9 Å². The van der Waals surface area contributed by atoms with Gasteiger partial charge in [-0.05, 0) is 0 Å². The minimum Gasteiger partial charge on any atom is -2.00 e. The molecule has 0 aliphatic carbocycles. The van der Waals surface area contributed by atoms with Gasteiger partial charge in [0.2, 0.25) is 0 Å². The topological polar surface area (TPSA) is 74.1 Å². The molecule has 0 spiro atoms. The molecular formula is CaMnO3Si+2. The molecule has 0 aromatic carbocycles. The molecule has 0 aliphatic rings. The standard InChI is InChI=1S/Ca.Mn.OSi.2O/c;;1-2;;/q3*+2;2*-2. The Bertz CT molecular complexity index is 10.8. The number of hydrogen-bond donors (Lipinski definition) is 0. The van der Waals surface area contributed by atoms with E-state index < -0.39 is 0 Å². The van der Waals surface area contributed by atoms with Gasteiger partial charge in [-0.1, -0.05) is 0 Å². The second-order valence-electron chi connectivity index (χ2n) is 0. The van der Waals surface area contributed by atoms with Crippen LogP contribution in [-0.4, -0.2) is 47.9 Å². The molecule has 0 amide bonds. The van der Waals surface area contributed by atoms with Gasteiger partial charge in [-0.25, -0.2) is 0 Å². The molecule has 0 bridgehead atoms. The average molecular weight is 171 g/mol. The molecule has 6 heavy (non-hydrogen) atoms. The Balaban J connectivity index is -0.000000000833. The van der Waals surface area contributed by atoms with Crippen molar-refractivity contribution in [1.82, 2.24) is 0 Å². The second-order valence-corrected chi connectivity index (χ2v) is 0. The first kappa shape index (κ1) is 47.2. The molecule has 0 saturated carbocycles. The quantitative estimate of drug-likeness (QED) is 0.425. The fourth-order valence-corrected chi connectivity index (χ4v) is 0. The van der Waals surface area contributed by atoms with E-state index in [1.54, 1.807) is 10.1 Å². The van der Waals surface area contributed by atoms with Crippen LogP contribution in [0.4, 0.5) is 0 Å². The van der Waals surface area contributed by atoms with E-state index in [0.717, 1.165) is 0 Å². The van der Waals surface area contributed by atoms with Crippen LogP contribution in [0.3, 0.4) is 0 Å². The molecule has 0 aromatic rings. The van der Waals surface area contributed by atoms with E-state index >= 15 is 0 Å². The van der Waals surface area contributed by atoms with Gasteiger partial charge in [0, 0.05) is 0 Å². The van der Waals surface area contributed by atoms with Crippen molar-refractivity contribution in [3.8, 4) is 0 Å². The van der Waals surface area contributed by atoms with Gasteiger partial charge in [0.15, 0.2) is 0 Å². The summed E-state index contributed by atoms with van der Waals surface area (Å²) < 4.78 is 8.06. The smallest absolute Gasteiger partial charge is 2.00 e. The Morgan fingerprint density at radius 1 is 1.00 bits per heavy atom. The van der Waals surface area contributed by atoms with Crippen molar-refractivity contribution in [2.24, 2.45) is 0 Å². The van der Waals surface area contributed by atoms with Gasteiger partial charge in [0.05, 0.1) is 0 Å². The summed E-state index contributed by atoms with van der Waals surface area (Å²) in [5, 5.41) is 0. The van der Waals surface area contributed by atoms with Crippen LogP contribution in [0.5, 0.6) is 0 Å². The van der Waals surface area contributed by atoms with E-state index in [9.17, 15) is 0 Å². The molecule has 0 rings (SSSR count). The van der Waals surface area contributed by atoms with E-state index in [0.29, 0.717) is 0 Å². The Kier molecular flexibility index (Phi) is 586. The minimum absolute atomic E-state index is 0. The fraction of sp³-hybridized carbons (Fsp3) is 0. The summed E-state index contributed by atoms with van der Waals surface area (Å²) in [6.07, 6.45) is 0. The first-order valence-corrected chi connectivity index (χ1v) is 0.612. The van der Waals surface area contributed by atoms with Crippen LogP contribution in [-0.2, 0) is 32.5 Å². The maximum Gasteiger partial charge on any atom is 2.00 e. The van der Waals surface area contributed by atoms with Crippen molar-refractivity contribution in [1.29, 1.82) is 0 Å². The molecule has 3 nitrogen and oxygen atoms in total. The Labute approximate surface area is 79.4 Å². The first-order valence-electron chi connectivity index (χ1n) is 0.204. The monoisotopic (exact) mass is 171 g/mol. The van der Waals surface area contributed by atoms with E-state index in [1.807, 2.05) is 0 Å². The molecular weight excluding hydrogens is 171 g/mol. The third kappa shape index (κ3) is 43.2. The Hall–Kier alpha value is 1.72. The van der Waals surface area contributed by atoms with E-state index in [4.69, 9.17) is 4.46 Å². The van der Waals surface area contributed by atoms with Crippen LogP contribution in [0.15, 0.2) is 0 Å².